The van der Waals surface area contributed by atoms with Gasteiger partial charge in [0.05, 0.1) is 17.9 Å². The Hall–Kier alpha value is -3.46. The molecule has 0 bridgehead atoms. The summed E-state index contributed by atoms with van der Waals surface area (Å²) in [5.74, 6) is -0.298. The van der Waals surface area contributed by atoms with Gasteiger partial charge in [0, 0.05) is 11.5 Å². The minimum Gasteiger partial charge on any atom is -0.493 e. The van der Waals surface area contributed by atoms with Gasteiger partial charge in [-0.2, -0.15) is 14.6 Å². The number of nitrogens with one attached hydrogen (secondary N) is 1. The molecule has 0 aliphatic rings. The van der Waals surface area contributed by atoms with Crippen LogP contribution in [-0.4, -0.2) is 36.5 Å². The molecule has 9 nitrogen and oxygen atoms in total. The van der Waals surface area contributed by atoms with Crippen molar-refractivity contribution in [2.45, 2.75) is 25.6 Å². The van der Waals surface area contributed by atoms with Gasteiger partial charge in [0.1, 0.15) is 18.2 Å². The number of methoxy groups -OCH3 is 1. The molecule has 35 heavy (non-hydrogen) atoms. The van der Waals surface area contributed by atoms with E-state index in [0.29, 0.717) is 28.6 Å². The number of aryl methyl sites for hydroxylation is 1. The number of hydrogen-bond donors (Lipinski definition) is 1. The number of rotatable bonds is 9. The van der Waals surface area contributed by atoms with Crippen molar-refractivity contribution in [3.05, 3.63) is 63.7 Å². The number of nitriles is 1. The molecule has 0 spiro atoms. The number of aromatic nitrogens is 2. The fraction of sp³-hybridized carbons (Fsp3) is 0.217. The predicted octanol–water partition coefficient (Wildman–Crippen LogP) is 4.43. The second-order valence-electron chi connectivity index (χ2n) is 7.22. The molecule has 0 saturated heterocycles. The molecule has 1 N–H and O–H groups in total. The molecule has 3 rings (SSSR count). The molecule has 1 heterocycles. The maximum absolute atomic E-state index is 12.6. The standard InChI is InChI=1S/C23H21ClN4O5S2/c1-4-35(30,31)23-27-22(34-28-23)26-21(29)17(12-25)9-16-10-18(24)20(19(11-16)32-3)33-13-15-7-5-14(2)6-8-15/h5-11H,4,13H2,1-3H3,(H,26,27,28,29)/b17-9-. The summed E-state index contributed by atoms with van der Waals surface area (Å²) < 4.78 is 38.7. The van der Waals surface area contributed by atoms with E-state index in [1.165, 1.54) is 26.2 Å². The second-order valence-corrected chi connectivity index (χ2v) is 10.5. The molecule has 1 amide bonds. The van der Waals surface area contributed by atoms with Gasteiger partial charge >= 0.3 is 0 Å². The summed E-state index contributed by atoms with van der Waals surface area (Å²) in [7, 11) is -2.16. The summed E-state index contributed by atoms with van der Waals surface area (Å²) in [5.41, 5.74) is 2.25. The van der Waals surface area contributed by atoms with E-state index in [4.69, 9.17) is 21.1 Å². The Labute approximate surface area is 212 Å². The molecule has 0 unspecified atom stereocenters. The van der Waals surface area contributed by atoms with Gasteiger partial charge in [-0.05, 0) is 36.3 Å². The van der Waals surface area contributed by atoms with E-state index in [9.17, 15) is 18.5 Å². The van der Waals surface area contributed by atoms with Crippen molar-refractivity contribution in [3.8, 4) is 17.6 Å². The summed E-state index contributed by atoms with van der Waals surface area (Å²) in [6.45, 7) is 3.73. The molecule has 0 aliphatic heterocycles. The number of sulfone groups is 1. The highest BCUT2D eigenvalue weighted by atomic mass is 35.5. The highest BCUT2D eigenvalue weighted by molar-refractivity contribution is 7.91. The number of anilines is 1. The molecule has 0 fully saturated rings. The van der Waals surface area contributed by atoms with Gasteiger partial charge in [0.2, 0.25) is 15.0 Å². The van der Waals surface area contributed by atoms with Crippen LogP contribution in [0.1, 0.15) is 23.6 Å². The van der Waals surface area contributed by atoms with Gasteiger partial charge in [-0.25, -0.2) is 8.42 Å². The fourth-order valence-corrected chi connectivity index (χ4v) is 4.66. The maximum atomic E-state index is 12.6. The smallest absolute Gasteiger partial charge is 0.268 e. The average Bonchev–Trinajstić information content (AvgIpc) is 3.31. The average molecular weight is 533 g/mol. The van der Waals surface area contributed by atoms with Crippen LogP contribution in [0.5, 0.6) is 11.5 Å². The molecule has 0 atom stereocenters. The first-order valence-corrected chi connectivity index (χ1v) is 13.0. The van der Waals surface area contributed by atoms with E-state index in [1.54, 1.807) is 6.07 Å². The van der Waals surface area contributed by atoms with Crippen LogP contribution >= 0.6 is 23.1 Å². The zero-order chi connectivity index (χ0) is 25.6. The van der Waals surface area contributed by atoms with E-state index in [2.05, 4.69) is 14.7 Å². The zero-order valence-electron chi connectivity index (χ0n) is 19.0. The number of benzene rings is 2. The van der Waals surface area contributed by atoms with Gasteiger partial charge in [0.25, 0.3) is 11.1 Å². The minimum absolute atomic E-state index is 0.0429. The van der Waals surface area contributed by atoms with Gasteiger partial charge in [-0.1, -0.05) is 48.4 Å². The number of halogens is 1. The quantitative estimate of drug-likeness (QED) is 0.316. The number of amides is 1. The van der Waals surface area contributed by atoms with Crippen molar-refractivity contribution in [1.29, 1.82) is 5.26 Å². The molecule has 0 saturated carbocycles. The van der Waals surface area contributed by atoms with Gasteiger partial charge in [-0.15, -0.1) is 0 Å². The van der Waals surface area contributed by atoms with Crippen LogP contribution < -0.4 is 14.8 Å². The summed E-state index contributed by atoms with van der Waals surface area (Å²) >= 11 is 7.11. The number of carbonyl (C=O) groups excluding carboxylic acids is 1. The second kappa shape index (κ2) is 11.3. The molecular formula is C23H21ClN4O5S2. The Bertz CT molecular complexity index is 1410. The zero-order valence-corrected chi connectivity index (χ0v) is 21.4. The lowest BCUT2D eigenvalue weighted by Gasteiger charge is -2.14. The number of ether oxygens (including phenoxy) is 2. The van der Waals surface area contributed by atoms with Crippen LogP contribution in [0.2, 0.25) is 5.02 Å². The van der Waals surface area contributed by atoms with E-state index in [0.717, 1.165) is 11.1 Å². The number of carbonyl (C=O) groups is 1. The molecule has 1 aromatic heterocycles. The third kappa shape index (κ3) is 6.57. The highest BCUT2D eigenvalue weighted by Gasteiger charge is 2.20. The minimum atomic E-state index is -3.61. The molecule has 2 aromatic carbocycles. The first kappa shape index (κ1) is 26.2. The fourth-order valence-electron chi connectivity index (χ4n) is 2.80. The lowest BCUT2D eigenvalue weighted by Crippen LogP contribution is -2.13. The molecular weight excluding hydrogens is 512 g/mol. The van der Waals surface area contributed by atoms with Crippen molar-refractivity contribution < 1.29 is 22.7 Å². The Kier molecular flexibility index (Phi) is 8.45. The Morgan fingerprint density at radius 2 is 2.00 bits per heavy atom. The normalized spacial score (nSPS) is 11.6. The Balaban J connectivity index is 1.79. The van der Waals surface area contributed by atoms with Crippen molar-refractivity contribution >= 4 is 50.1 Å². The topological polar surface area (TPSA) is 131 Å². The molecule has 182 valence electrons. The number of hydrogen-bond acceptors (Lipinski definition) is 9. The van der Waals surface area contributed by atoms with Gasteiger partial charge < -0.3 is 9.47 Å². The predicted molar refractivity (Wildman–Crippen MR) is 133 cm³/mol. The summed E-state index contributed by atoms with van der Waals surface area (Å²) in [4.78, 5) is 16.4. The van der Waals surface area contributed by atoms with Crippen LogP contribution in [0.4, 0.5) is 5.13 Å². The molecule has 0 radical (unpaired) electrons. The maximum Gasteiger partial charge on any atom is 0.268 e. The summed E-state index contributed by atoms with van der Waals surface area (Å²) in [6.07, 6.45) is 1.32. The van der Waals surface area contributed by atoms with E-state index in [-0.39, 0.29) is 33.2 Å². The third-order valence-electron chi connectivity index (χ3n) is 4.72. The van der Waals surface area contributed by atoms with Crippen molar-refractivity contribution in [2.75, 3.05) is 18.2 Å². The van der Waals surface area contributed by atoms with Crippen molar-refractivity contribution in [1.82, 2.24) is 9.36 Å². The molecule has 12 heteroatoms. The SMILES string of the molecule is CCS(=O)(=O)c1nsc(NC(=O)/C(C#N)=C\c2cc(Cl)c(OCc3ccc(C)cc3)c(OC)c2)n1. The lowest BCUT2D eigenvalue weighted by molar-refractivity contribution is -0.112. The van der Waals surface area contributed by atoms with Crippen LogP contribution in [-0.2, 0) is 21.2 Å². The van der Waals surface area contributed by atoms with Crippen LogP contribution in [0.15, 0.2) is 47.1 Å². The summed E-state index contributed by atoms with van der Waals surface area (Å²) in [5, 5.41) is 11.7. The lowest BCUT2D eigenvalue weighted by atomic mass is 10.1. The van der Waals surface area contributed by atoms with Gasteiger partial charge in [0.15, 0.2) is 11.5 Å². The first-order chi connectivity index (χ1) is 16.7. The first-order valence-electron chi connectivity index (χ1n) is 10.2. The molecule has 3 aromatic rings. The van der Waals surface area contributed by atoms with Crippen LogP contribution in [0.3, 0.4) is 0 Å². The Morgan fingerprint density at radius 1 is 1.29 bits per heavy atom. The number of nitrogens with zero attached hydrogens (tertiary/aromatic N) is 3. The highest BCUT2D eigenvalue weighted by Crippen LogP contribution is 2.37. The van der Waals surface area contributed by atoms with Crippen molar-refractivity contribution in [2.24, 2.45) is 0 Å². The van der Waals surface area contributed by atoms with Crippen molar-refractivity contribution in [3.63, 3.8) is 0 Å². The largest absolute Gasteiger partial charge is 0.493 e. The molecule has 0 aliphatic carbocycles. The monoisotopic (exact) mass is 532 g/mol. The van der Waals surface area contributed by atoms with E-state index >= 15 is 0 Å². The Morgan fingerprint density at radius 3 is 2.63 bits per heavy atom. The van der Waals surface area contributed by atoms with E-state index in [1.807, 2.05) is 37.3 Å². The third-order valence-corrected chi connectivity index (χ3v) is 7.24. The van der Waals surface area contributed by atoms with Gasteiger partial charge in [-0.3, -0.25) is 10.1 Å². The van der Waals surface area contributed by atoms with Crippen LogP contribution in [0.25, 0.3) is 6.08 Å². The van der Waals surface area contributed by atoms with Crippen LogP contribution in [0, 0.1) is 18.3 Å². The van der Waals surface area contributed by atoms with E-state index < -0.39 is 15.7 Å². The summed E-state index contributed by atoms with van der Waals surface area (Å²) in [6, 6.07) is 12.8.